The molecule has 1 atom stereocenters. The molecule has 0 radical (unpaired) electrons. The minimum atomic E-state index is -0.176. The number of nitrogens with zero attached hydrogens (tertiary/aromatic N) is 4. The number of ether oxygens (including phenoxy) is 2. The van der Waals surface area contributed by atoms with E-state index in [1.807, 2.05) is 26.0 Å². The Kier molecular flexibility index (Phi) is 4.42. The van der Waals surface area contributed by atoms with Crippen LogP contribution in [0.4, 0.5) is 5.82 Å². The van der Waals surface area contributed by atoms with Crippen molar-refractivity contribution < 1.29 is 9.47 Å². The molecule has 0 spiro atoms. The predicted molar refractivity (Wildman–Crippen MR) is 101 cm³/mol. The summed E-state index contributed by atoms with van der Waals surface area (Å²) in [5.41, 5.74) is 2.70. The van der Waals surface area contributed by atoms with Gasteiger partial charge in [-0.3, -0.25) is 0 Å². The van der Waals surface area contributed by atoms with Gasteiger partial charge >= 0.3 is 6.01 Å². The van der Waals surface area contributed by atoms with Crippen LogP contribution >= 0.6 is 11.6 Å². The number of hydrogen-bond acceptors (Lipinski definition) is 7. The van der Waals surface area contributed by atoms with Crippen molar-refractivity contribution in [3.63, 3.8) is 0 Å². The van der Waals surface area contributed by atoms with Crippen molar-refractivity contribution in [2.24, 2.45) is 0 Å². The fraction of sp³-hybridized carbons (Fsp3) is 0.263. The van der Waals surface area contributed by atoms with Crippen molar-refractivity contribution in [3.05, 3.63) is 46.2 Å². The third kappa shape index (κ3) is 3.20. The molecule has 2 aromatic heterocycles. The first kappa shape index (κ1) is 17.3. The maximum atomic E-state index is 9.42. The Morgan fingerprint density at radius 2 is 2.04 bits per heavy atom. The molecule has 8 heteroatoms. The molecule has 7 nitrogen and oxygen atoms in total. The van der Waals surface area contributed by atoms with Crippen LogP contribution in [-0.2, 0) is 0 Å². The lowest BCUT2D eigenvalue weighted by atomic mass is 10.0. The number of benzene rings is 1. The standard InChI is InChI=1S/C19H16ClN5O2/c1-10-13-5-3-4-12(9-21)17(13)26-6-7-27-19-24-16-11(2)22-15(20)8-14(16)18(23-10)25-19/h3-5,8,10H,6-7H2,1-2H3,(H,23,24,25)/t10-/m1/s1. The van der Waals surface area contributed by atoms with Crippen molar-refractivity contribution in [2.75, 3.05) is 18.5 Å². The second-order valence-electron chi connectivity index (χ2n) is 6.18. The Bertz CT molecular complexity index is 1080. The second-order valence-corrected chi connectivity index (χ2v) is 6.57. The molecule has 3 heterocycles. The average molecular weight is 382 g/mol. The molecule has 1 aliphatic heterocycles. The van der Waals surface area contributed by atoms with Crippen LogP contribution in [0, 0.1) is 18.3 Å². The smallest absolute Gasteiger partial charge is 0.319 e. The largest absolute Gasteiger partial charge is 0.488 e. The van der Waals surface area contributed by atoms with Crippen molar-refractivity contribution in [3.8, 4) is 17.8 Å². The van der Waals surface area contributed by atoms with Crippen molar-refractivity contribution >= 4 is 28.3 Å². The van der Waals surface area contributed by atoms with Gasteiger partial charge in [-0.2, -0.15) is 15.2 Å². The molecule has 0 unspecified atom stereocenters. The van der Waals surface area contributed by atoms with Gasteiger partial charge in [-0.1, -0.05) is 23.7 Å². The minimum absolute atomic E-state index is 0.176. The van der Waals surface area contributed by atoms with E-state index in [9.17, 15) is 5.26 Å². The van der Waals surface area contributed by atoms with Gasteiger partial charge in [0.2, 0.25) is 0 Å². The summed E-state index contributed by atoms with van der Waals surface area (Å²) in [5, 5.41) is 13.9. The Balaban J connectivity index is 1.89. The number of halogens is 1. The molecule has 2 bridgehead atoms. The van der Waals surface area contributed by atoms with E-state index in [0.29, 0.717) is 33.5 Å². The fourth-order valence-corrected chi connectivity index (χ4v) is 3.34. The summed E-state index contributed by atoms with van der Waals surface area (Å²) in [4.78, 5) is 13.2. The highest BCUT2D eigenvalue weighted by Crippen LogP contribution is 2.34. The Morgan fingerprint density at radius 3 is 2.85 bits per heavy atom. The van der Waals surface area contributed by atoms with Crippen LogP contribution in [0.2, 0.25) is 5.15 Å². The van der Waals surface area contributed by atoms with Crippen molar-refractivity contribution in [2.45, 2.75) is 19.9 Å². The van der Waals surface area contributed by atoms with Crippen molar-refractivity contribution in [1.82, 2.24) is 15.0 Å². The SMILES string of the molecule is Cc1nc(Cl)cc2c3nc(nc12)OCCOc1c(C#N)cccc1[C@@H](C)N3. The number of nitrogens with one attached hydrogen (secondary N) is 1. The van der Waals surface area contributed by atoms with Crippen LogP contribution in [0.25, 0.3) is 10.9 Å². The van der Waals surface area contributed by atoms with Gasteiger partial charge < -0.3 is 14.8 Å². The highest BCUT2D eigenvalue weighted by molar-refractivity contribution is 6.30. The van der Waals surface area contributed by atoms with Gasteiger partial charge in [0, 0.05) is 10.9 Å². The van der Waals surface area contributed by atoms with E-state index in [0.717, 1.165) is 10.9 Å². The summed E-state index contributed by atoms with van der Waals surface area (Å²) >= 11 is 6.14. The summed E-state index contributed by atoms with van der Waals surface area (Å²) in [6.07, 6.45) is 0. The molecule has 0 saturated heterocycles. The van der Waals surface area contributed by atoms with E-state index < -0.39 is 0 Å². The van der Waals surface area contributed by atoms with Gasteiger partial charge in [0.15, 0.2) is 0 Å². The van der Waals surface area contributed by atoms with Gasteiger partial charge in [-0.15, -0.1) is 0 Å². The van der Waals surface area contributed by atoms with Gasteiger partial charge in [0.25, 0.3) is 0 Å². The van der Waals surface area contributed by atoms with E-state index in [1.54, 1.807) is 12.1 Å². The van der Waals surface area contributed by atoms with Crippen LogP contribution in [0.1, 0.15) is 29.8 Å². The van der Waals surface area contributed by atoms with Crippen LogP contribution in [0.3, 0.4) is 0 Å². The number of pyridine rings is 1. The first-order valence-corrected chi connectivity index (χ1v) is 8.84. The summed E-state index contributed by atoms with van der Waals surface area (Å²) in [7, 11) is 0. The molecule has 1 aromatic carbocycles. The highest BCUT2D eigenvalue weighted by Gasteiger charge is 2.20. The van der Waals surface area contributed by atoms with Crippen molar-refractivity contribution in [1.29, 1.82) is 5.26 Å². The van der Waals surface area contributed by atoms with Crippen LogP contribution < -0.4 is 14.8 Å². The Hall–Kier alpha value is -3.11. The number of aryl methyl sites for hydroxylation is 1. The average Bonchev–Trinajstić information content (AvgIpc) is 2.67. The first-order valence-electron chi connectivity index (χ1n) is 8.47. The quantitative estimate of drug-likeness (QED) is 0.592. The second kappa shape index (κ2) is 6.89. The summed E-state index contributed by atoms with van der Waals surface area (Å²) < 4.78 is 11.5. The summed E-state index contributed by atoms with van der Waals surface area (Å²) in [6, 6.07) is 9.46. The number of nitriles is 1. The summed E-state index contributed by atoms with van der Waals surface area (Å²) in [5.74, 6) is 1.14. The number of rotatable bonds is 0. The molecule has 0 saturated carbocycles. The first-order chi connectivity index (χ1) is 13.1. The molecule has 0 aliphatic carbocycles. The molecule has 1 aliphatic rings. The fourth-order valence-electron chi connectivity index (χ4n) is 3.11. The molecular formula is C19H16ClN5O2. The zero-order valence-electron chi connectivity index (χ0n) is 14.8. The van der Waals surface area contributed by atoms with E-state index in [4.69, 9.17) is 21.1 Å². The van der Waals surface area contributed by atoms with E-state index in [1.165, 1.54) is 0 Å². The van der Waals surface area contributed by atoms with Gasteiger partial charge in [-0.25, -0.2) is 4.98 Å². The van der Waals surface area contributed by atoms with E-state index >= 15 is 0 Å². The van der Waals surface area contributed by atoms with Crippen LogP contribution in [0.5, 0.6) is 11.8 Å². The zero-order chi connectivity index (χ0) is 19.0. The van der Waals surface area contributed by atoms with E-state index in [2.05, 4.69) is 26.3 Å². The number of aromatic nitrogens is 3. The van der Waals surface area contributed by atoms with Crippen LogP contribution in [-0.4, -0.2) is 28.2 Å². The number of para-hydroxylation sites is 1. The molecule has 4 rings (SSSR count). The number of fused-ring (bicyclic) bond motifs is 5. The molecule has 0 fully saturated rings. The number of anilines is 1. The van der Waals surface area contributed by atoms with Gasteiger partial charge in [0.05, 0.1) is 17.3 Å². The molecule has 3 aromatic rings. The Morgan fingerprint density at radius 1 is 1.22 bits per heavy atom. The van der Waals surface area contributed by atoms with Gasteiger partial charge in [0.1, 0.15) is 41.5 Å². The lowest BCUT2D eigenvalue weighted by molar-refractivity contribution is 0.205. The Labute approximate surface area is 160 Å². The molecular weight excluding hydrogens is 366 g/mol. The van der Waals surface area contributed by atoms with E-state index in [-0.39, 0.29) is 25.3 Å². The zero-order valence-corrected chi connectivity index (χ0v) is 15.5. The van der Waals surface area contributed by atoms with Crippen LogP contribution in [0.15, 0.2) is 24.3 Å². The normalized spacial score (nSPS) is 16.1. The minimum Gasteiger partial charge on any atom is -0.488 e. The third-order valence-corrected chi connectivity index (χ3v) is 4.55. The monoisotopic (exact) mass is 381 g/mol. The molecule has 136 valence electrons. The predicted octanol–water partition coefficient (Wildman–Crippen LogP) is 3.80. The maximum absolute atomic E-state index is 9.42. The lowest BCUT2D eigenvalue weighted by Gasteiger charge is -2.19. The number of hydrogen-bond donors (Lipinski definition) is 1. The molecule has 0 amide bonds. The van der Waals surface area contributed by atoms with Gasteiger partial charge in [-0.05, 0) is 26.0 Å². The highest BCUT2D eigenvalue weighted by atomic mass is 35.5. The maximum Gasteiger partial charge on any atom is 0.319 e. The lowest BCUT2D eigenvalue weighted by Crippen LogP contribution is -2.12. The molecule has 27 heavy (non-hydrogen) atoms. The molecule has 1 N–H and O–H groups in total. The third-order valence-electron chi connectivity index (χ3n) is 4.35. The summed E-state index contributed by atoms with van der Waals surface area (Å²) in [6.45, 7) is 4.34. The topological polar surface area (TPSA) is 93.0 Å².